The number of nitrogen functional groups attached to an aromatic ring is 1. The lowest BCUT2D eigenvalue weighted by molar-refractivity contribution is 0.0727. The SMILES string of the molecule is Nc1cc(OC(=O)c2ccc(F)cc2)nn1S(=O)(=O)c1ccc(Cl)cc1. The highest BCUT2D eigenvalue weighted by atomic mass is 35.5. The summed E-state index contributed by atoms with van der Waals surface area (Å²) < 4.78 is 43.6. The summed E-state index contributed by atoms with van der Waals surface area (Å²) in [5.74, 6) is -1.90. The van der Waals surface area contributed by atoms with Gasteiger partial charge in [-0.1, -0.05) is 11.6 Å². The van der Waals surface area contributed by atoms with E-state index in [1.165, 1.54) is 36.4 Å². The Hall–Kier alpha value is -2.91. The predicted molar refractivity (Wildman–Crippen MR) is 92.0 cm³/mol. The quantitative estimate of drug-likeness (QED) is 0.681. The molecule has 0 spiro atoms. The highest BCUT2D eigenvalue weighted by molar-refractivity contribution is 7.90. The van der Waals surface area contributed by atoms with Gasteiger partial charge in [0, 0.05) is 11.1 Å². The Morgan fingerprint density at radius 2 is 1.73 bits per heavy atom. The number of benzene rings is 2. The van der Waals surface area contributed by atoms with Crippen LogP contribution in [-0.2, 0) is 10.0 Å². The third kappa shape index (κ3) is 3.53. The minimum atomic E-state index is -4.09. The van der Waals surface area contributed by atoms with Crippen LogP contribution in [0.3, 0.4) is 0 Å². The van der Waals surface area contributed by atoms with Crippen LogP contribution in [-0.4, -0.2) is 23.6 Å². The first kappa shape index (κ1) is 17.9. The van der Waals surface area contributed by atoms with Crippen LogP contribution in [0.5, 0.6) is 5.88 Å². The topological polar surface area (TPSA) is 104 Å². The van der Waals surface area contributed by atoms with Gasteiger partial charge in [0.2, 0.25) is 5.88 Å². The zero-order chi connectivity index (χ0) is 18.9. The molecule has 10 heteroatoms. The first-order chi connectivity index (χ1) is 12.3. The highest BCUT2D eigenvalue weighted by Crippen LogP contribution is 2.22. The number of hydrogen-bond acceptors (Lipinski definition) is 6. The summed E-state index contributed by atoms with van der Waals surface area (Å²) in [7, 11) is -4.09. The standard InChI is InChI=1S/C16H11ClFN3O4S/c17-11-3-7-13(8-4-11)26(23,24)21-14(19)9-15(20-21)25-16(22)10-1-5-12(18)6-2-10/h1-9H,19H2. The van der Waals surface area contributed by atoms with Gasteiger partial charge in [-0.25, -0.2) is 9.18 Å². The summed E-state index contributed by atoms with van der Waals surface area (Å²) >= 11 is 5.75. The lowest BCUT2D eigenvalue weighted by Gasteiger charge is -2.06. The second kappa shape index (κ2) is 6.77. The van der Waals surface area contributed by atoms with Crippen molar-refractivity contribution in [3.8, 4) is 5.88 Å². The van der Waals surface area contributed by atoms with E-state index in [0.29, 0.717) is 9.11 Å². The van der Waals surface area contributed by atoms with E-state index in [4.69, 9.17) is 22.1 Å². The molecule has 1 aromatic heterocycles. The fourth-order valence-corrected chi connectivity index (χ4v) is 3.37. The van der Waals surface area contributed by atoms with Crippen molar-refractivity contribution >= 4 is 33.4 Å². The van der Waals surface area contributed by atoms with Gasteiger partial charge in [-0.15, -0.1) is 9.19 Å². The molecule has 3 aromatic rings. The van der Waals surface area contributed by atoms with Crippen LogP contribution >= 0.6 is 11.6 Å². The lowest BCUT2D eigenvalue weighted by Crippen LogP contribution is -2.17. The average molecular weight is 396 g/mol. The van der Waals surface area contributed by atoms with Crippen molar-refractivity contribution in [2.24, 2.45) is 0 Å². The van der Waals surface area contributed by atoms with E-state index in [0.717, 1.165) is 18.2 Å². The van der Waals surface area contributed by atoms with Crippen LogP contribution < -0.4 is 10.5 Å². The summed E-state index contributed by atoms with van der Waals surface area (Å²) in [6, 6.07) is 11.1. The molecule has 0 amide bonds. The zero-order valence-electron chi connectivity index (χ0n) is 13.0. The van der Waals surface area contributed by atoms with Gasteiger partial charge in [-0.05, 0) is 48.5 Å². The normalized spacial score (nSPS) is 11.3. The monoisotopic (exact) mass is 395 g/mol. The molecule has 0 aliphatic heterocycles. The van der Waals surface area contributed by atoms with Crippen LogP contribution in [0.1, 0.15) is 10.4 Å². The molecular formula is C16H11ClFN3O4S. The van der Waals surface area contributed by atoms with Gasteiger partial charge in [-0.3, -0.25) is 0 Å². The lowest BCUT2D eigenvalue weighted by atomic mass is 10.2. The molecule has 0 radical (unpaired) electrons. The molecule has 1 heterocycles. The summed E-state index contributed by atoms with van der Waals surface area (Å²) in [6.45, 7) is 0. The van der Waals surface area contributed by atoms with Crippen molar-refractivity contribution in [1.29, 1.82) is 0 Å². The second-order valence-electron chi connectivity index (χ2n) is 5.11. The molecular weight excluding hydrogens is 385 g/mol. The van der Waals surface area contributed by atoms with Gasteiger partial charge in [-0.2, -0.15) is 8.42 Å². The minimum absolute atomic E-state index is 0.0695. The van der Waals surface area contributed by atoms with Crippen molar-refractivity contribution in [1.82, 2.24) is 9.19 Å². The van der Waals surface area contributed by atoms with E-state index in [2.05, 4.69) is 5.10 Å². The molecule has 0 bridgehead atoms. The van der Waals surface area contributed by atoms with Crippen LogP contribution in [0.4, 0.5) is 10.2 Å². The fourth-order valence-electron chi connectivity index (χ4n) is 2.05. The minimum Gasteiger partial charge on any atom is -0.402 e. The predicted octanol–water partition coefficient (Wildman–Crippen LogP) is 2.71. The summed E-state index contributed by atoms with van der Waals surface area (Å²) in [6.07, 6.45) is 0. The number of halogens is 2. The average Bonchev–Trinajstić information content (AvgIpc) is 2.97. The molecule has 0 fully saturated rings. The summed E-state index contributed by atoms with van der Waals surface area (Å²) in [5, 5.41) is 4.08. The number of esters is 1. The molecule has 7 nitrogen and oxygen atoms in total. The third-order valence-electron chi connectivity index (χ3n) is 3.30. The molecule has 134 valence electrons. The first-order valence-corrected chi connectivity index (χ1v) is 8.93. The molecule has 0 saturated carbocycles. The molecule has 0 unspecified atom stereocenters. The number of ether oxygens (including phenoxy) is 1. The number of carbonyl (C=O) groups excluding carboxylic acids is 1. The number of nitrogens with zero attached hydrogens (tertiary/aromatic N) is 2. The Labute approximate surface area is 152 Å². The summed E-state index contributed by atoms with van der Waals surface area (Å²) in [5.41, 5.74) is 5.75. The number of aromatic nitrogens is 2. The van der Waals surface area contributed by atoms with Crippen LogP contribution in [0, 0.1) is 5.82 Å². The second-order valence-corrected chi connectivity index (χ2v) is 7.31. The Kier molecular flexibility index (Phi) is 4.66. The van der Waals surface area contributed by atoms with Crippen LogP contribution in [0.25, 0.3) is 0 Å². The number of rotatable bonds is 4. The van der Waals surface area contributed by atoms with E-state index in [9.17, 15) is 17.6 Å². The Morgan fingerprint density at radius 1 is 1.12 bits per heavy atom. The van der Waals surface area contributed by atoms with Crippen LogP contribution in [0.15, 0.2) is 59.5 Å². The maximum atomic E-state index is 12.9. The molecule has 0 saturated heterocycles. The molecule has 0 aliphatic carbocycles. The molecule has 0 atom stereocenters. The Balaban J connectivity index is 1.88. The van der Waals surface area contributed by atoms with Gasteiger partial charge >= 0.3 is 5.97 Å². The Bertz CT molecular complexity index is 1060. The van der Waals surface area contributed by atoms with E-state index in [-0.39, 0.29) is 22.2 Å². The maximum Gasteiger partial charge on any atom is 0.344 e. The molecule has 3 rings (SSSR count). The van der Waals surface area contributed by atoms with Crippen molar-refractivity contribution < 1.29 is 22.3 Å². The third-order valence-corrected chi connectivity index (χ3v) is 5.17. The van der Waals surface area contributed by atoms with Gasteiger partial charge in [0.05, 0.1) is 10.5 Å². The van der Waals surface area contributed by atoms with Crippen LogP contribution in [0.2, 0.25) is 5.02 Å². The Morgan fingerprint density at radius 3 is 2.35 bits per heavy atom. The van der Waals surface area contributed by atoms with Crippen molar-refractivity contribution in [2.75, 3.05) is 5.73 Å². The number of hydrogen-bond donors (Lipinski definition) is 1. The zero-order valence-corrected chi connectivity index (χ0v) is 14.5. The van der Waals surface area contributed by atoms with Gasteiger partial charge in [0.15, 0.2) is 0 Å². The molecule has 26 heavy (non-hydrogen) atoms. The van der Waals surface area contributed by atoms with E-state index in [1.807, 2.05) is 0 Å². The summed E-state index contributed by atoms with van der Waals surface area (Å²) in [4.78, 5) is 11.9. The van der Waals surface area contributed by atoms with Gasteiger partial charge in [0.1, 0.15) is 11.6 Å². The highest BCUT2D eigenvalue weighted by Gasteiger charge is 2.23. The number of anilines is 1. The van der Waals surface area contributed by atoms with Crippen molar-refractivity contribution in [3.05, 3.63) is 71.0 Å². The van der Waals surface area contributed by atoms with Crippen molar-refractivity contribution in [2.45, 2.75) is 4.90 Å². The number of nitrogens with two attached hydrogens (primary N) is 1. The smallest absolute Gasteiger partial charge is 0.344 e. The maximum absolute atomic E-state index is 12.9. The number of carbonyl (C=O) groups is 1. The van der Waals surface area contributed by atoms with E-state index in [1.54, 1.807) is 0 Å². The van der Waals surface area contributed by atoms with Gasteiger partial charge < -0.3 is 10.5 Å². The molecule has 2 N–H and O–H groups in total. The van der Waals surface area contributed by atoms with Crippen molar-refractivity contribution in [3.63, 3.8) is 0 Å². The largest absolute Gasteiger partial charge is 0.402 e. The van der Waals surface area contributed by atoms with Gasteiger partial charge in [0.25, 0.3) is 10.0 Å². The molecule has 2 aromatic carbocycles. The first-order valence-electron chi connectivity index (χ1n) is 7.12. The fraction of sp³-hybridized carbons (Fsp3) is 0. The van der Waals surface area contributed by atoms with E-state index < -0.39 is 21.8 Å². The van der Waals surface area contributed by atoms with E-state index >= 15 is 0 Å². The molecule has 0 aliphatic rings.